The zero-order valence-electron chi connectivity index (χ0n) is 21.3. The van der Waals surface area contributed by atoms with Crippen molar-refractivity contribution in [3.05, 3.63) is 120 Å². The summed E-state index contributed by atoms with van der Waals surface area (Å²) in [5.74, 6) is 1.68. The molecule has 0 saturated carbocycles. The highest BCUT2D eigenvalue weighted by atomic mass is 32.1. The van der Waals surface area contributed by atoms with E-state index in [0.29, 0.717) is 22.4 Å². The molecule has 2 heterocycles. The van der Waals surface area contributed by atoms with Crippen molar-refractivity contribution in [3.8, 4) is 5.75 Å². The van der Waals surface area contributed by atoms with Crippen molar-refractivity contribution in [3.63, 3.8) is 0 Å². The minimum atomic E-state index is -0.107. The second-order valence-corrected chi connectivity index (χ2v) is 10.3. The third kappa shape index (κ3) is 5.25. The molecule has 1 aromatic heterocycles. The molecule has 5 rings (SSSR count). The number of ether oxygens (including phenoxy) is 2. The Balaban J connectivity index is 1.33. The van der Waals surface area contributed by atoms with Gasteiger partial charge in [0.05, 0.1) is 14.9 Å². The predicted octanol–water partition coefficient (Wildman–Crippen LogP) is 4.83. The Hall–Kier alpha value is -4.03. The van der Waals surface area contributed by atoms with Gasteiger partial charge >= 0.3 is 0 Å². The Morgan fingerprint density at radius 3 is 2.54 bits per heavy atom. The number of allylic oxidation sites excluding steroid dienone is 1. The number of aryl methyl sites for hydroxylation is 1. The molecule has 0 aliphatic carbocycles. The number of fused-ring (bicyclic) bond motifs is 1. The van der Waals surface area contributed by atoms with Crippen molar-refractivity contribution in [2.24, 2.45) is 0 Å². The van der Waals surface area contributed by atoms with E-state index >= 15 is 0 Å². The van der Waals surface area contributed by atoms with Crippen LogP contribution in [0.3, 0.4) is 0 Å². The highest BCUT2D eigenvalue weighted by Gasteiger charge is 2.24. The molecule has 3 aromatic carbocycles. The highest BCUT2D eigenvalue weighted by Crippen LogP contribution is 2.37. The van der Waals surface area contributed by atoms with Crippen molar-refractivity contribution >= 4 is 34.9 Å². The average Bonchev–Trinajstić information content (AvgIpc) is 3.25. The first-order valence-electron chi connectivity index (χ1n) is 12.3. The van der Waals surface area contributed by atoms with Gasteiger partial charge in [0, 0.05) is 24.7 Å². The summed E-state index contributed by atoms with van der Waals surface area (Å²) in [5, 5.41) is 0. The van der Waals surface area contributed by atoms with Crippen LogP contribution in [0.2, 0.25) is 0 Å². The number of hydrogen-bond donors (Lipinski definition) is 1. The van der Waals surface area contributed by atoms with E-state index in [4.69, 9.17) is 9.47 Å². The van der Waals surface area contributed by atoms with E-state index in [-0.39, 0.29) is 5.56 Å². The molecule has 1 N–H and O–H groups in total. The fourth-order valence-electron chi connectivity index (χ4n) is 4.64. The maximum atomic E-state index is 12.2. The van der Waals surface area contributed by atoms with Crippen LogP contribution in [0.15, 0.2) is 83.4 Å². The van der Waals surface area contributed by atoms with Crippen LogP contribution in [0, 0.1) is 6.92 Å². The second kappa shape index (κ2) is 10.5. The molecule has 0 radical (unpaired) electrons. The summed E-state index contributed by atoms with van der Waals surface area (Å²) in [4.78, 5) is 17.1. The standard InChI is InChI=1S/C31H30N2O3S/c1-20-12-14-23(15-13-20)29-28(19-25-8-5-6-11-27(25)33(29)4)36-17-16-35-26-10-7-9-24(18-26)21(2)30-31(34)32-22(3)37-30/h5-15,18H,3,16-17,19H2,1-2,4H3,(H,32,34)/b30-21+. The molecule has 37 heavy (non-hydrogen) atoms. The molecule has 0 atom stereocenters. The smallest absolute Gasteiger partial charge is 0.266 e. The van der Waals surface area contributed by atoms with Crippen LogP contribution in [0.1, 0.15) is 29.2 Å². The lowest BCUT2D eigenvalue weighted by atomic mass is 9.97. The SMILES string of the molecule is C=c1[nH]c(=O)/c(=C(/C)c2cccc(OCCOC3=C(c4ccc(C)cc4)N(C)c4ccccc4C3)c2)s1. The molecule has 5 nitrogen and oxygen atoms in total. The Bertz CT molecular complexity index is 1630. The van der Waals surface area contributed by atoms with Crippen molar-refractivity contribution in [2.45, 2.75) is 20.3 Å². The van der Waals surface area contributed by atoms with Crippen LogP contribution in [-0.2, 0) is 11.2 Å². The van der Waals surface area contributed by atoms with Crippen molar-refractivity contribution < 1.29 is 9.47 Å². The lowest BCUT2D eigenvalue weighted by Gasteiger charge is -2.32. The molecule has 4 aromatic rings. The third-order valence-electron chi connectivity index (χ3n) is 6.55. The summed E-state index contributed by atoms with van der Waals surface area (Å²) in [6.45, 7) is 8.70. The molecule has 188 valence electrons. The van der Waals surface area contributed by atoms with Gasteiger partial charge in [0.25, 0.3) is 5.56 Å². The summed E-state index contributed by atoms with van der Waals surface area (Å²) in [5.41, 5.74) is 7.61. The fraction of sp³-hybridized carbons (Fsp3) is 0.194. The molecule has 1 aliphatic rings. The molecule has 0 spiro atoms. The van der Waals surface area contributed by atoms with Crippen LogP contribution < -0.4 is 24.4 Å². The molecule has 0 amide bonds. The van der Waals surface area contributed by atoms with E-state index < -0.39 is 0 Å². The summed E-state index contributed by atoms with van der Waals surface area (Å²) < 4.78 is 13.7. The van der Waals surface area contributed by atoms with Gasteiger partial charge in [0.15, 0.2) is 0 Å². The van der Waals surface area contributed by atoms with Crippen LogP contribution in [-0.4, -0.2) is 25.2 Å². The molecule has 1 aliphatic heterocycles. The van der Waals surface area contributed by atoms with Gasteiger partial charge in [0.1, 0.15) is 24.7 Å². The number of aromatic amines is 1. The Morgan fingerprint density at radius 2 is 1.78 bits per heavy atom. The molecule has 6 heteroatoms. The zero-order valence-corrected chi connectivity index (χ0v) is 22.2. The fourth-order valence-corrected chi connectivity index (χ4v) is 5.44. The highest BCUT2D eigenvalue weighted by molar-refractivity contribution is 7.07. The number of para-hydroxylation sites is 1. The lowest BCUT2D eigenvalue weighted by Crippen LogP contribution is -2.25. The number of anilines is 1. The topological polar surface area (TPSA) is 54.6 Å². The van der Waals surface area contributed by atoms with E-state index in [1.165, 1.54) is 28.2 Å². The number of aromatic nitrogens is 1. The first-order chi connectivity index (χ1) is 17.9. The number of H-pyrrole nitrogens is 1. The normalized spacial score (nSPS) is 13.9. The van der Waals surface area contributed by atoms with Crippen molar-refractivity contribution in [1.82, 2.24) is 4.98 Å². The van der Waals surface area contributed by atoms with Crippen molar-refractivity contribution in [2.75, 3.05) is 25.2 Å². The van der Waals surface area contributed by atoms with Crippen LogP contribution in [0.25, 0.3) is 17.8 Å². The number of rotatable bonds is 7. The third-order valence-corrected chi connectivity index (χ3v) is 7.59. The van der Waals surface area contributed by atoms with Crippen LogP contribution in [0.4, 0.5) is 5.69 Å². The number of nitrogens with zero attached hydrogens (tertiary/aromatic N) is 1. The van der Waals surface area contributed by atoms with Crippen molar-refractivity contribution in [1.29, 1.82) is 0 Å². The monoisotopic (exact) mass is 510 g/mol. The van der Waals surface area contributed by atoms with Gasteiger partial charge in [-0.25, -0.2) is 0 Å². The average molecular weight is 511 g/mol. The predicted molar refractivity (Wildman–Crippen MR) is 152 cm³/mol. The number of hydrogen-bond acceptors (Lipinski definition) is 5. The van der Waals surface area contributed by atoms with Crippen LogP contribution in [0.5, 0.6) is 5.75 Å². The first-order valence-corrected chi connectivity index (χ1v) is 13.1. The molecular weight excluding hydrogens is 480 g/mol. The summed E-state index contributed by atoms with van der Waals surface area (Å²) >= 11 is 1.37. The Labute approximate surface area is 220 Å². The van der Waals surface area contributed by atoms with Gasteiger partial charge in [-0.05, 0) is 48.7 Å². The van der Waals surface area contributed by atoms with E-state index in [9.17, 15) is 4.79 Å². The Kier molecular flexibility index (Phi) is 7.01. The zero-order chi connectivity index (χ0) is 25.9. The van der Waals surface area contributed by atoms with Gasteiger partial charge in [-0.1, -0.05) is 66.7 Å². The molecule has 0 unspecified atom stereocenters. The summed E-state index contributed by atoms with van der Waals surface area (Å²) in [6.07, 6.45) is 0.733. The number of nitrogens with one attached hydrogen (secondary N) is 1. The Morgan fingerprint density at radius 1 is 1.03 bits per heavy atom. The molecule has 0 saturated heterocycles. The van der Waals surface area contributed by atoms with E-state index in [2.05, 4.69) is 79.0 Å². The van der Waals surface area contributed by atoms with Gasteiger partial charge in [0.2, 0.25) is 0 Å². The minimum Gasteiger partial charge on any atom is -0.492 e. The maximum Gasteiger partial charge on any atom is 0.266 e. The molecular formula is C31H30N2O3S. The molecule has 0 fully saturated rings. The van der Waals surface area contributed by atoms with E-state index in [1.54, 1.807) is 0 Å². The summed E-state index contributed by atoms with van der Waals surface area (Å²) in [6, 6.07) is 24.8. The largest absolute Gasteiger partial charge is 0.492 e. The molecule has 0 bridgehead atoms. The first kappa shape index (κ1) is 24.7. The van der Waals surface area contributed by atoms with Gasteiger partial charge in [-0.3, -0.25) is 4.79 Å². The lowest BCUT2D eigenvalue weighted by molar-refractivity contribution is 0.153. The summed E-state index contributed by atoms with van der Waals surface area (Å²) in [7, 11) is 2.09. The van der Waals surface area contributed by atoms with E-state index in [1.807, 2.05) is 31.2 Å². The van der Waals surface area contributed by atoms with Gasteiger partial charge in [-0.2, -0.15) is 0 Å². The van der Waals surface area contributed by atoms with Gasteiger partial charge < -0.3 is 19.4 Å². The van der Waals surface area contributed by atoms with Crippen LogP contribution >= 0.6 is 11.3 Å². The minimum absolute atomic E-state index is 0.107. The quantitative estimate of drug-likeness (QED) is 0.362. The number of thiazole rings is 1. The number of benzene rings is 3. The van der Waals surface area contributed by atoms with Gasteiger partial charge in [-0.15, -0.1) is 11.3 Å². The second-order valence-electron chi connectivity index (χ2n) is 9.16. The van der Waals surface area contributed by atoms with E-state index in [0.717, 1.165) is 40.3 Å². The maximum absolute atomic E-state index is 12.2.